The van der Waals surface area contributed by atoms with Crippen molar-refractivity contribution in [3.8, 4) is 0 Å². The predicted octanol–water partition coefficient (Wildman–Crippen LogP) is -0.817. The minimum absolute atomic E-state index is 0. The third-order valence-corrected chi connectivity index (χ3v) is 4.48. The van der Waals surface area contributed by atoms with E-state index >= 15 is 0 Å². The molecule has 0 radical (unpaired) electrons. The van der Waals surface area contributed by atoms with Gasteiger partial charge in [0.2, 0.25) is 0 Å². The van der Waals surface area contributed by atoms with Crippen LogP contribution in [0.25, 0.3) is 0 Å². The van der Waals surface area contributed by atoms with Crippen molar-refractivity contribution in [1.82, 2.24) is 0 Å². The van der Waals surface area contributed by atoms with Gasteiger partial charge in [-0.2, -0.15) is 0 Å². The first-order chi connectivity index (χ1) is 10.1. The Hall–Kier alpha value is 1.17. The van der Waals surface area contributed by atoms with Crippen molar-refractivity contribution in [1.29, 1.82) is 0 Å². The van der Waals surface area contributed by atoms with Gasteiger partial charge in [0.1, 0.15) is 12.0 Å². The second kappa shape index (κ2) is 15.3. The molecule has 0 aromatic rings. The zero-order chi connectivity index (χ0) is 17.2. The molecule has 0 aromatic heterocycles. The molecular formula is C18H36KLiO4. The minimum atomic E-state index is -1.14. The Bertz CT molecular complexity index is 366. The Labute approximate surface area is 205 Å². The summed E-state index contributed by atoms with van der Waals surface area (Å²) in [5, 5.41) is 8.70. The third-order valence-electron chi connectivity index (χ3n) is 4.48. The molecule has 0 aliphatic carbocycles. The molecule has 1 unspecified atom stereocenters. The number of carbonyl (C=O) groups excluding carboxylic acids is 1. The van der Waals surface area contributed by atoms with E-state index in [0.717, 1.165) is 19.3 Å². The van der Waals surface area contributed by atoms with E-state index in [1.165, 1.54) is 32.1 Å². The molecule has 0 aliphatic rings. The fraction of sp³-hybridized carbons (Fsp3) is 0.889. The van der Waals surface area contributed by atoms with Gasteiger partial charge in [0, 0.05) is 5.41 Å². The van der Waals surface area contributed by atoms with Gasteiger partial charge in [-0.25, -0.2) is 0 Å². The summed E-state index contributed by atoms with van der Waals surface area (Å²) in [4.78, 5) is 22.3. The fourth-order valence-electron chi connectivity index (χ4n) is 2.41. The number of carboxylic acids is 1. The van der Waals surface area contributed by atoms with Gasteiger partial charge in [-0.05, 0) is 19.8 Å². The molecule has 0 fully saturated rings. The number of rotatable bonds is 11. The van der Waals surface area contributed by atoms with Crippen LogP contribution in [0.5, 0.6) is 0 Å². The Kier molecular flexibility index (Phi) is 19.0. The largest absolute Gasteiger partial charge is 1.00 e. The Balaban J connectivity index is -0.000000367. The number of unbranched alkanes of at least 4 members (excludes halogenated alkanes) is 6. The number of aliphatic carboxylic acids is 1. The zero-order valence-corrected chi connectivity index (χ0v) is 20.2. The summed E-state index contributed by atoms with van der Waals surface area (Å²) in [6.45, 7) is 10.2. The molecule has 0 aromatic carbocycles. The minimum Gasteiger partial charge on any atom is -1.00 e. The SMILES string of the molecule is CCCCCCCCCC(C)(OC(=O)CC(=O)O)C(C)(C)C.[H-].[H-].[K+].[Li+]. The van der Waals surface area contributed by atoms with Crippen LogP contribution >= 0.6 is 0 Å². The van der Waals surface area contributed by atoms with Gasteiger partial charge in [0.05, 0.1) is 0 Å². The summed E-state index contributed by atoms with van der Waals surface area (Å²) in [7, 11) is 0. The van der Waals surface area contributed by atoms with E-state index in [1.807, 2.05) is 27.7 Å². The van der Waals surface area contributed by atoms with Crippen LogP contribution in [-0.4, -0.2) is 22.6 Å². The van der Waals surface area contributed by atoms with Gasteiger partial charge in [-0.15, -0.1) is 0 Å². The van der Waals surface area contributed by atoms with Gasteiger partial charge in [-0.1, -0.05) is 66.2 Å². The van der Waals surface area contributed by atoms with Crippen molar-refractivity contribution in [3.05, 3.63) is 0 Å². The van der Waals surface area contributed by atoms with Crippen molar-refractivity contribution >= 4 is 11.9 Å². The monoisotopic (exact) mass is 362 g/mol. The Morgan fingerprint density at radius 2 is 1.42 bits per heavy atom. The second-order valence-corrected chi connectivity index (χ2v) is 7.40. The van der Waals surface area contributed by atoms with Crippen molar-refractivity contribution < 1.29 is 92.5 Å². The van der Waals surface area contributed by atoms with Crippen LogP contribution in [0.4, 0.5) is 0 Å². The maximum atomic E-state index is 11.7. The standard InChI is InChI=1S/C18H34O4.K.Li.2H/c1-6-7-8-9-10-11-12-13-18(5,17(2,3)4)22-16(21)14-15(19)20;;;;/h6-14H2,1-5H3,(H,19,20);;;;/q;2*+1;2*-1. The molecule has 0 bridgehead atoms. The van der Waals surface area contributed by atoms with Crippen LogP contribution in [0.15, 0.2) is 0 Å². The molecule has 1 N–H and O–H groups in total. The quantitative estimate of drug-likeness (QED) is 0.226. The number of ether oxygens (including phenoxy) is 1. The first kappa shape index (κ1) is 29.9. The van der Waals surface area contributed by atoms with Crippen molar-refractivity contribution in [2.45, 2.75) is 98.0 Å². The van der Waals surface area contributed by atoms with E-state index < -0.39 is 24.0 Å². The predicted molar refractivity (Wildman–Crippen MR) is 91.0 cm³/mol. The molecule has 0 saturated heterocycles. The molecule has 0 spiro atoms. The van der Waals surface area contributed by atoms with E-state index in [9.17, 15) is 9.59 Å². The van der Waals surface area contributed by atoms with Gasteiger partial charge in [0.25, 0.3) is 0 Å². The summed E-state index contributed by atoms with van der Waals surface area (Å²) in [5.74, 6) is -1.79. The first-order valence-corrected chi connectivity index (χ1v) is 8.56. The summed E-state index contributed by atoms with van der Waals surface area (Å²) in [6, 6.07) is 0. The average molecular weight is 363 g/mol. The number of carbonyl (C=O) groups is 2. The summed E-state index contributed by atoms with van der Waals surface area (Å²) in [5.41, 5.74) is -0.841. The van der Waals surface area contributed by atoms with E-state index in [2.05, 4.69) is 6.92 Å². The summed E-state index contributed by atoms with van der Waals surface area (Å²) in [6.07, 6.45) is 8.65. The number of hydrogen-bond acceptors (Lipinski definition) is 3. The molecule has 24 heavy (non-hydrogen) atoms. The molecule has 6 heteroatoms. The molecule has 4 nitrogen and oxygen atoms in total. The third kappa shape index (κ3) is 13.4. The molecular weight excluding hydrogens is 326 g/mol. The number of carboxylic acid groups (broad SMARTS) is 1. The summed E-state index contributed by atoms with van der Waals surface area (Å²) >= 11 is 0. The maximum Gasteiger partial charge on any atom is 1.00 e. The maximum absolute atomic E-state index is 11.7. The van der Waals surface area contributed by atoms with E-state index in [4.69, 9.17) is 9.84 Å². The van der Waals surface area contributed by atoms with Crippen LogP contribution < -0.4 is 70.2 Å². The number of esters is 1. The molecule has 0 aliphatic heterocycles. The average Bonchev–Trinajstić information content (AvgIpc) is 2.35. The number of hydrogen-bond donors (Lipinski definition) is 1. The van der Waals surface area contributed by atoms with Gasteiger partial charge < -0.3 is 12.7 Å². The molecule has 0 saturated carbocycles. The van der Waals surface area contributed by atoms with Crippen LogP contribution in [-0.2, 0) is 14.3 Å². The first-order valence-electron chi connectivity index (χ1n) is 8.56. The Morgan fingerprint density at radius 1 is 0.958 bits per heavy atom. The van der Waals surface area contributed by atoms with Crippen molar-refractivity contribution in [2.75, 3.05) is 0 Å². The van der Waals surface area contributed by atoms with E-state index in [-0.39, 0.29) is 78.5 Å². The molecule has 0 amide bonds. The van der Waals surface area contributed by atoms with Crippen molar-refractivity contribution in [3.63, 3.8) is 0 Å². The zero-order valence-electron chi connectivity index (χ0n) is 19.0. The molecule has 1 atom stereocenters. The molecule has 134 valence electrons. The Morgan fingerprint density at radius 3 is 1.83 bits per heavy atom. The normalized spacial score (nSPS) is 13.2. The smallest absolute Gasteiger partial charge is 1.00 e. The molecule has 0 heterocycles. The van der Waals surface area contributed by atoms with Crippen LogP contribution in [0.2, 0.25) is 0 Å². The topological polar surface area (TPSA) is 63.6 Å². The van der Waals surface area contributed by atoms with Gasteiger partial charge in [0.15, 0.2) is 0 Å². The van der Waals surface area contributed by atoms with Crippen LogP contribution in [0, 0.1) is 5.41 Å². The summed E-state index contributed by atoms with van der Waals surface area (Å²) < 4.78 is 5.54. The van der Waals surface area contributed by atoms with Crippen molar-refractivity contribution in [2.24, 2.45) is 5.41 Å². The molecule has 0 rings (SSSR count). The van der Waals surface area contributed by atoms with E-state index in [1.54, 1.807) is 0 Å². The van der Waals surface area contributed by atoms with Gasteiger partial charge in [-0.3, -0.25) is 9.59 Å². The van der Waals surface area contributed by atoms with Crippen LogP contribution in [0.1, 0.15) is 95.3 Å². The second-order valence-electron chi connectivity index (χ2n) is 7.40. The van der Waals surface area contributed by atoms with Gasteiger partial charge >= 0.3 is 82.2 Å². The van der Waals surface area contributed by atoms with E-state index in [0.29, 0.717) is 0 Å². The van der Waals surface area contributed by atoms with Crippen LogP contribution in [0.3, 0.4) is 0 Å². The fourth-order valence-corrected chi connectivity index (χ4v) is 2.41.